The number of para-hydroxylation sites is 1. The Labute approximate surface area is 197 Å². The molecular formula is C26H25N3O3S. The number of nitrogens with one attached hydrogen (secondary N) is 1. The molecule has 0 bridgehead atoms. The van der Waals surface area contributed by atoms with Crippen LogP contribution in [-0.2, 0) is 16.2 Å². The van der Waals surface area contributed by atoms with E-state index in [0.29, 0.717) is 30.3 Å². The van der Waals surface area contributed by atoms with Gasteiger partial charge in [0.05, 0.1) is 19.3 Å². The largest absolute Gasteiger partial charge is 0.497 e. The van der Waals surface area contributed by atoms with Crippen molar-refractivity contribution in [2.75, 3.05) is 29.6 Å². The summed E-state index contributed by atoms with van der Waals surface area (Å²) >= 11 is 1.53. The minimum Gasteiger partial charge on any atom is -0.497 e. The zero-order valence-electron chi connectivity index (χ0n) is 18.6. The lowest BCUT2D eigenvalue weighted by molar-refractivity contribution is -0.123. The second-order valence-corrected chi connectivity index (χ2v) is 9.49. The highest BCUT2D eigenvalue weighted by atomic mass is 32.2. The Bertz CT molecular complexity index is 1210. The predicted octanol–water partition coefficient (Wildman–Crippen LogP) is 4.98. The van der Waals surface area contributed by atoms with Crippen LogP contribution in [0.25, 0.3) is 0 Å². The van der Waals surface area contributed by atoms with Gasteiger partial charge in [-0.25, -0.2) is 4.79 Å². The Morgan fingerprint density at radius 2 is 1.88 bits per heavy atom. The lowest BCUT2D eigenvalue weighted by atomic mass is 10.1. The number of ether oxygens (including phenoxy) is 1. The topological polar surface area (TPSA) is 61.9 Å². The van der Waals surface area contributed by atoms with Gasteiger partial charge in [0.25, 0.3) is 5.91 Å². The highest BCUT2D eigenvalue weighted by molar-refractivity contribution is 8.01. The van der Waals surface area contributed by atoms with E-state index in [0.717, 1.165) is 22.4 Å². The molecule has 1 fully saturated rings. The number of hydrogen-bond donors (Lipinski definition) is 1. The van der Waals surface area contributed by atoms with Gasteiger partial charge in [-0.3, -0.25) is 9.69 Å². The summed E-state index contributed by atoms with van der Waals surface area (Å²) in [7, 11) is 1.60. The fourth-order valence-electron chi connectivity index (χ4n) is 4.58. The fourth-order valence-corrected chi connectivity index (χ4v) is 6.04. The van der Waals surface area contributed by atoms with Crippen molar-refractivity contribution >= 4 is 35.1 Å². The molecule has 2 heterocycles. The number of anilines is 2. The minimum atomic E-state index is -1.06. The Kier molecular flexibility index (Phi) is 5.50. The molecule has 0 aliphatic carbocycles. The van der Waals surface area contributed by atoms with E-state index in [1.54, 1.807) is 36.3 Å². The van der Waals surface area contributed by atoms with Gasteiger partial charge in [0.15, 0.2) is 4.87 Å². The van der Waals surface area contributed by atoms with E-state index in [-0.39, 0.29) is 11.9 Å². The molecule has 1 unspecified atom stereocenters. The van der Waals surface area contributed by atoms with Crippen molar-refractivity contribution in [3.63, 3.8) is 0 Å². The van der Waals surface area contributed by atoms with Gasteiger partial charge < -0.3 is 15.0 Å². The predicted molar refractivity (Wildman–Crippen MR) is 132 cm³/mol. The van der Waals surface area contributed by atoms with E-state index in [9.17, 15) is 9.59 Å². The highest BCUT2D eigenvalue weighted by Crippen LogP contribution is 2.54. The third-order valence-electron chi connectivity index (χ3n) is 6.11. The SMILES string of the molecule is COc1ccc(NC(=O)N2CCSC23C(=O)N(Cc2cccc(C)c2)c2ccccc23)cc1. The smallest absolute Gasteiger partial charge is 0.323 e. The van der Waals surface area contributed by atoms with E-state index in [4.69, 9.17) is 4.74 Å². The van der Waals surface area contributed by atoms with Crippen LogP contribution in [0.2, 0.25) is 0 Å². The molecule has 33 heavy (non-hydrogen) atoms. The van der Waals surface area contributed by atoms with E-state index in [1.807, 2.05) is 54.3 Å². The number of nitrogens with zero attached hydrogens (tertiary/aromatic N) is 2. The summed E-state index contributed by atoms with van der Waals surface area (Å²) in [4.78, 5) is 29.8. The lowest BCUT2D eigenvalue weighted by Crippen LogP contribution is -2.51. The standard InChI is InChI=1S/C26H25N3O3S/c1-18-6-5-7-19(16-18)17-28-23-9-4-3-8-22(23)26(24(28)30)29(14-15-33-26)25(31)27-20-10-12-21(32-2)13-11-20/h3-13,16H,14-15,17H2,1-2H3,(H,27,31). The van der Waals surface area contributed by atoms with E-state index in [1.165, 1.54) is 11.8 Å². The van der Waals surface area contributed by atoms with Crippen molar-refractivity contribution in [2.24, 2.45) is 0 Å². The lowest BCUT2D eigenvalue weighted by Gasteiger charge is -2.33. The molecule has 7 heteroatoms. The summed E-state index contributed by atoms with van der Waals surface area (Å²) in [5.41, 5.74) is 4.60. The number of aryl methyl sites for hydroxylation is 1. The van der Waals surface area contributed by atoms with Crippen LogP contribution in [0.1, 0.15) is 16.7 Å². The van der Waals surface area contributed by atoms with Crippen LogP contribution in [0.3, 0.4) is 0 Å². The number of fused-ring (bicyclic) bond motifs is 2. The molecule has 6 nitrogen and oxygen atoms in total. The average Bonchev–Trinajstić information content (AvgIpc) is 3.37. The number of urea groups is 1. The summed E-state index contributed by atoms with van der Waals surface area (Å²) in [6.07, 6.45) is 0. The molecule has 3 amide bonds. The number of rotatable bonds is 4. The maximum atomic E-state index is 14.0. The summed E-state index contributed by atoms with van der Waals surface area (Å²) in [5, 5.41) is 2.96. The monoisotopic (exact) mass is 459 g/mol. The van der Waals surface area contributed by atoms with Crippen LogP contribution in [-0.4, -0.2) is 36.2 Å². The molecule has 0 saturated carbocycles. The molecule has 1 spiro atoms. The molecule has 1 atom stereocenters. The van der Waals surface area contributed by atoms with Crippen LogP contribution in [0.4, 0.5) is 16.2 Å². The molecule has 5 rings (SSSR count). The zero-order chi connectivity index (χ0) is 23.0. The van der Waals surface area contributed by atoms with Gasteiger partial charge in [-0.05, 0) is 42.8 Å². The molecule has 1 N–H and O–H groups in total. The minimum absolute atomic E-state index is 0.0717. The Balaban J connectivity index is 1.48. The van der Waals surface area contributed by atoms with Crippen molar-refractivity contribution in [2.45, 2.75) is 18.3 Å². The maximum absolute atomic E-state index is 14.0. The van der Waals surface area contributed by atoms with Gasteiger partial charge in [-0.1, -0.05) is 48.0 Å². The van der Waals surface area contributed by atoms with E-state index >= 15 is 0 Å². The van der Waals surface area contributed by atoms with E-state index < -0.39 is 4.87 Å². The summed E-state index contributed by atoms with van der Waals surface area (Å²) in [6, 6.07) is 22.9. The van der Waals surface area contributed by atoms with Crippen LogP contribution in [0.5, 0.6) is 5.75 Å². The normalized spacial score (nSPS) is 19.2. The van der Waals surface area contributed by atoms with Gasteiger partial charge >= 0.3 is 6.03 Å². The van der Waals surface area contributed by atoms with Gasteiger partial charge in [0.1, 0.15) is 5.75 Å². The third-order valence-corrected chi connectivity index (χ3v) is 7.53. The molecule has 168 valence electrons. The molecule has 0 radical (unpaired) electrons. The molecule has 2 aliphatic heterocycles. The first-order valence-electron chi connectivity index (χ1n) is 10.9. The van der Waals surface area contributed by atoms with Gasteiger partial charge in [-0.15, -0.1) is 11.8 Å². The Morgan fingerprint density at radius 3 is 2.64 bits per heavy atom. The van der Waals surface area contributed by atoms with Gasteiger partial charge in [-0.2, -0.15) is 0 Å². The molecular weight excluding hydrogens is 434 g/mol. The highest BCUT2D eigenvalue weighted by Gasteiger charge is 2.59. The zero-order valence-corrected chi connectivity index (χ0v) is 19.4. The first-order chi connectivity index (χ1) is 16.0. The fraction of sp³-hybridized carbons (Fsp3) is 0.231. The second kappa shape index (κ2) is 8.48. The van der Waals surface area contributed by atoms with E-state index in [2.05, 4.69) is 11.4 Å². The summed E-state index contributed by atoms with van der Waals surface area (Å²) < 4.78 is 5.19. The van der Waals surface area contributed by atoms with Crippen LogP contribution >= 0.6 is 11.8 Å². The molecule has 2 aliphatic rings. The van der Waals surface area contributed by atoms with Crippen molar-refractivity contribution in [3.05, 3.63) is 89.5 Å². The molecule has 3 aromatic carbocycles. The Morgan fingerprint density at radius 1 is 1.09 bits per heavy atom. The summed E-state index contributed by atoms with van der Waals surface area (Å²) in [5.74, 6) is 1.33. The Hall–Kier alpha value is -3.45. The van der Waals surface area contributed by atoms with Crippen molar-refractivity contribution in [1.82, 2.24) is 4.90 Å². The molecule has 1 saturated heterocycles. The number of methoxy groups -OCH3 is 1. The van der Waals surface area contributed by atoms with Crippen molar-refractivity contribution in [3.8, 4) is 5.75 Å². The number of amides is 3. The van der Waals surface area contributed by atoms with Crippen LogP contribution < -0.4 is 15.0 Å². The van der Waals surface area contributed by atoms with Gasteiger partial charge in [0, 0.05) is 23.5 Å². The second-order valence-electron chi connectivity index (χ2n) is 8.20. The van der Waals surface area contributed by atoms with Crippen LogP contribution in [0, 0.1) is 6.92 Å². The number of carbonyl (C=O) groups is 2. The van der Waals surface area contributed by atoms with Gasteiger partial charge in [0.2, 0.25) is 0 Å². The van der Waals surface area contributed by atoms with Crippen molar-refractivity contribution < 1.29 is 14.3 Å². The summed E-state index contributed by atoms with van der Waals surface area (Å²) in [6.45, 7) is 3.00. The number of hydrogen-bond acceptors (Lipinski definition) is 4. The average molecular weight is 460 g/mol. The number of benzene rings is 3. The van der Waals surface area contributed by atoms with Crippen LogP contribution in [0.15, 0.2) is 72.8 Å². The first-order valence-corrected chi connectivity index (χ1v) is 11.8. The molecule has 0 aromatic heterocycles. The quantitative estimate of drug-likeness (QED) is 0.598. The molecule has 3 aromatic rings. The van der Waals surface area contributed by atoms with Crippen molar-refractivity contribution in [1.29, 1.82) is 0 Å². The number of carbonyl (C=O) groups excluding carboxylic acids is 2. The first kappa shape index (κ1) is 21.4. The maximum Gasteiger partial charge on any atom is 0.323 e. The number of thioether (sulfide) groups is 1. The third kappa shape index (κ3) is 3.62.